The first-order chi connectivity index (χ1) is 8.93. The zero-order valence-corrected chi connectivity index (χ0v) is 10.9. The summed E-state index contributed by atoms with van der Waals surface area (Å²) in [6.07, 6.45) is 1.50. The highest BCUT2D eigenvalue weighted by molar-refractivity contribution is 5.64. The number of nitrogens with zero attached hydrogens (tertiary/aromatic N) is 2. The molecule has 0 spiro atoms. The fourth-order valence-corrected chi connectivity index (χ4v) is 2.51. The molecule has 1 aromatic carbocycles. The summed E-state index contributed by atoms with van der Waals surface area (Å²) >= 11 is 0. The Hall–Kier alpha value is -1.66. The number of anilines is 1. The molecule has 1 heterocycles. The van der Waals surface area contributed by atoms with Gasteiger partial charge in [0.05, 0.1) is 17.1 Å². The first-order valence-corrected chi connectivity index (χ1v) is 6.28. The molecule has 6 nitrogen and oxygen atoms in total. The van der Waals surface area contributed by atoms with Crippen LogP contribution in [0.2, 0.25) is 0 Å². The summed E-state index contributed by atoms with van der Waals surface area (Å²) < 4.78 is 0. The first kappa shape index (κ1) is 13.8. The molecule has 2 rings (SSSR count). The largest absolute Gasteiger partial charge is 0.392 e. The number of aliphatic hydroxyl groups is 2. The molecule has 0 aliphatic carbocycles. The Kier molecular flexibility index (Phi) is 3.73. The zero-order valence-electron chi connectivity index (χ0n) is 10.9. The lowest BCUT2D eigenvalue weighted by Crippen LogP contribution is -2.46. The second kappa shape index (κ2) is 5.14. The molecule has 1 fully saturated rings. The third-order valence-corrected chi connectivity index (χ3v) is 3.43. The summed E-state index contributed by atoms with van der Waals surface area (Å²) in [5.74, 6) is 0. The molecular formula is C13H18N2O4. The van der Waals surface area contributed by atoms with Crippen LogP contribution >= 0.6 is 0 Å². The van der Waals surface area contributed by atoms with E-state index in [1.807, 2.05) is 4.90 Å². The van der Waals surface area contributed by atoms with E-state index in [2.05, 4.69) is 0 Å². The summed E-state index contributed by atoms with van der Waals surface area (Å²) in [6, 6.07) is 4.70. The Balaban J connectivity index is 2.35. The number of nitro groups is 1. The van der Waals surface area contributed by atoms with Crippen molar-refractivity contribution in [2.24, 2.45) is 0 Å². The minimum atomic E-state index is -0.818. The van der Waals surface area contributed by atoms with Crippen molar-refractivity contribution in [2.75, 3.05) is 18.0 Å². The number of nitro benzene ring substituents is 1. The lowest BCUT2D eigenvalue weighted by molar-refractivity contribution is -0.384. The zero-order chi connectivity index (χ0) is 14.0. The number of piperidine rings is 1. The van der Waals surface area contributed by atoms with Crippen LogP contribution in [0.25, 0.3) is 0 Å². The molecule has 0 saturated carbocycles. The van der Waals surface area contributed by atoms with Crippen molar-refractivity contribution in [3.8, 4) is 0 Å². The quantitative estimate of drug-likeness (QED) is 0.638. The van der Waals surface area contributed by atoms with Crippen molar-refractivity contribution in [3.05, 3.63) is 33.9 Å². The Morgan fingerprint density at radius 2 is 2.26 bits per heavy atom. The summed E-state index contributed by atoms with van der Waals surface area (Å²) in [7, 11) is 0. The van der Waals surface area contributed by atoms with Gasteiger partial charge in [0.1, 0.15) is 5.69 Å². The minimum absolute atomic E-state index is 0.0238. The van der Waals surface area contributed by atoms with E-state index >= 15 is 0 Å². The summed E-state index contributed by atoms with van der Waals surface area (Å²) in [6.45, 7) is 2.59. The number of hydrogen-bond acceptors (Lipinski definition) is 5. The van der Waals surface area contributed by atoms with E-state index in [1.54, 1.807) is 19.1 Å². The highest BCUT2D eigenvalue weighted by atomic mass is 16.6. The molecule has 0 radical (unpaired) electrons. The molecular weight excluding hydrogens is 248 g/mol. The van der Waals surface area contributed by atoms with Crippen LogP contribution in [-0.4, -0.2) is 33.8 Å². The van der Waals surface area contributed by atoms with Gasteiger partial charge in [-0.05, 0) is 31.4 Å². The molecule has 0 amide bonds. The molecule has 1 atom stereocenters. The smallest absolute Gasteiger partial charge is 0.292 e. The lowest BCUT2D eigenvalue weighted by Gasteiger charge is -2.37. The van der Waals surface area contributed by atoms with Crippen LogP contribution in [0.3, 0.4) is 0 Å². The summed E-state index contributed by atoms with van der Waals surface area (Å²) in [5, 5.41) is 30.3. The fraction of sp³-hybridized carbons (Fsp3) is 0.538. The Morgan fingerprint density at radius 1 is 1.53 bits per heavy atom. The van der Waals surface area contributed by atoms with Gasteiger partial charge >= 0.3 is 0 Å². The van der Waals surface area contributed by atoms with Gasteiger partial charge in [0.2, 0.25) is 0 Å². The second-order valence-electron chi connectivity index (χ2n) is 5.26. The van der Waals surface area contributed by atoms with Crippen LogP contribution in [0.5, 0.6) is 0 Å². The molecule has 6 heteroatoms. The average Bonchev–Trinajstić information content (AvgIpc) is 2.36. The molecule has 1 unspecified atom stereocenters. The second-order valence-corrected chi connectivity index (χ2v) is 5.26. The normalized spacial score (nSPS) is 23.4. The molecule has 1 aliphatic rings. The van der Waals surface area contributed by atoms with Crippen molar-refractivity contribution >= 4 is 11.4 Å². The maximum atomic E-state index is 11.1. The standard InChI is InChI=1S/C13H18N2O4/c1-13(17)5-2-6-14(9-13)11-4-3-10(8-16)7-12(11)15(18)19/h3-4,7,16-17H,2,5-6,8-9H2,1H3. The van der Waals surface area contributed by atoms with Crippen molar-refractivity contribution in [1.29, 1.82) is 0 Å². The molecule has 0 aromatic heterocycles. The van der Waals surface area contributed by atoms with Gasteiger partial charge in [-0.1, -0.05) is 6.07 Å². The average molecular weight is 266 g/mol. The van der Waals surface area contributed by atoms with Crippen LogP contribution in [0.4, 0.5) is 11.4 Å². The van der Waals surface area contributed by atoms with Crippen LogP contribution in [-0.2, 0) is 6.61 Å². The van der Waals surface area contributed by atoms with Crippen molar-refractivity contribution in [3.63, 3.8) is 0 Å². The molecule has 0 bridgehead atoms. The van der Waals surface area contributed by atoms with E-state index in [4.69, 9.17) is 5.11 Å². The summed E-state index contributed by atoms with van der Waals surface area (Å²) in [5.41, 5.74) is 0.174. The van der Waals surface area contributed by atoms with Gasteiger partial charge < -0.3 is 15.1 Å². The van der Waals surface area contributed by atoms with Crippen LogP contribution < -0.4 is 4.90 Å². The maximum absolute atomic E-state index is 11.1. The maximum Gasteiger partial charge on any atom is 0.292 e. The molecule has 104 valence electrons. The van der Waals surface area contributed by atoms with Gasteiger partial charge in [0.15, 0.2) is 0 Å². The minimum Gasteiger partial charge on any atom is -0.392 e. The van der Waals surface area contributed by atoms with Gasteiger partial charge in [0, 0.05) is 19.2 Å². The molecule has 19 heavy (non-hydrogen) atoms. The topological polar surface area (TPSA) is 86.8 Å². The van der Waals surface area contributed by atoms with E-state index in [-0.39, 0.29) is 12.3 Å². The lowest BCUT2D eigenvalue weighted by atomic mass is 9.94. The van der Waals surface area contributed by atoms with E-state index in [9.17, 15) is 15.2 Å². The molecule has 1 aliphatic heterocycles. The van der Waals surface area contributed by atoms with Gasteiger partial charge in [-0.25, -0.2) is 0 Å². The van der Waals surface area contributed by atoms with E-state index in [0.29, 0.717) is 30.8 Å². The number of hydrogen-bond donors (Lipinski definition) is 2. The molecule has 1 saturated heterocycles. The predicted octanol–water partition coefficient (Wildman–Crippen LogP) is 1.44. The highest BCUT2D eigenvalue weighted by Crippen LogP contribution is 2.33. The van der Waals surface area contributed by atoms with Crippen LogP contribution in [0, 0.1) is 10.1 Å². The number of β-amino-alcohol motifs (C(OH)–C–C–N with tert-alkyl or cyclic N) is 1. The predicted molar refractivity (Wildman–Crippen MR) is 71.1 cm³/mol. The number of benzene rings is 1. The van der Waals surface area contributed by atoms with Crippen LogP contribution in [0.15, 0.2) is 18.2 Å². The Bertz CT molecular complexity index is 488. The third-order valence-electron chi connectivity index (χ3n) is 3.43. The number of rotatable bonds is 3. The Labute approximate surface area is 111 Å². The highest BCUT2D eigenvalue weighted by Gasteiger charge is 2.31. The fourth-order valence-electron chi connectivity index (χ4n) is 2.51. The third kappa shape index (κ3) is 3.02. The Morgan fingerprint density at radius 3 is 2.84 bits per heavy atom. The number of aliphatic hydroxyl groups excluding tert-OH is 1. The SMILES string of the molecule is CC1(O)CCCN(c2ccc(CO)cc2[N+](=O)[O-])C1. The van der Waals surface area contributed by atoms with Gasteiger partial charge in [-0.3, -0.25) is 10.1 Å². The van der Waals surface area contributed by atoms with Crippen molar-refractivity contribution < 1.29 is 15.1 Å². The van der Waals surface area contributed by atoms with Gasteiger partial charge in [0.25, 0.3) is 5.69 Å². The van der Waals surface area contributed by atoms with E-state index in [0.717, 1.165) is 6.42 Å². The van der Waals surface area contributed by atoms with Gasteiger partial charge in [-0.2, -0.15) is 0 Å². The summed E-state index contributed by atoms with van der Waals surface area (Å²) in [4.78, 5) is 12.5. The van der Waals surface area contributed by atoms with Crippen molar-refractivity contribution in [1.82, 2.24) is 0 Å². The monoisotopic (exact) mass is 266 g/mol. The van der Waals surface area contributed by atoms with Gasteiger partial charge in [-0.15, -0.1) is 0 Å². The van der Waals surface area contributed by atoms with E-state index in [1.165, 1.54) is 6.07 Å². The molecule has 2 N–H and O–H groups in total. The van der Waals surface area contributed by atoms with Crippen LogP contribution in [0.1, 0.15) is 25.3 Å². The first-order valence-electron chi connectivity index (χ1n) is 6.28. The van der Waals surface area contributed by atoms with Crippen molar-refractivity contribution in [2.45, 2.75) is 32.0 Å². The molecule has 1 aromatic rings. The van der Waals surface area contributed by atoms with E-state index < -0.39 is 10.5 Å².